The number of carbonyl (C=O) groups is 2. The van der Waals surface area contributed by atoms with Crippen LogP contribution in [0.25, 0.3) is 10.9 Å². The Labute approximate surface area is 151 Å². The molecule has 1 heterocycles. The van der Waals surface area contributed by atoms with Gasteiger partial charge in [-0.3, -0.25) is 0 Å². The number of rotatable bonds is 6. The van der Waals surface area contributed by atoms with E-state index in [1.165, 1.54) is 0 Å². The number of carbonyl (C=O) groups excluding carboxylic acids is 2. The SMILES string of the molecule is CCOC(=O)C(N)(Cc1c[nH]c2cccc(Cl)c12)C(=O)OCC.Cl. The number of nitrogens with one attached hydrogen (secondary N) is 1. The third kappa shape index (κ3) is 3.83. The summed E-state index contributed by atoms with van der Waals surface area (Å²) in [6.07, 6.45) is 1.60. The lowest BCUT2D eigenvalue weighted by Gasteiger charge is -2.24. The number of H-pyrrole nitrogens is 1. The predicted molar refractivity (Wildman–Crippen MR) is 94.4 cm³/mol. The molecule has 0 aliphatic rings. The summed E-state index contributed by atoms with van der Waals surface area (Å²) in [7, 11) is 0. The topological polar surface area (TPSA) is 94.4 Å². The molecule has 0 spiro atoms. The fraction of sp³-hybridized carbons (Fsp3) is 0.375. The number of fused-ring (bicyclic) bond motifs is 1. The van der Waals surface area contributed by atoms with E-state index >= 15 is 0 Å². The lowest BCUT2D eigenvalue weighted by molar-refractivity contribution is -0.163. The summed E-state index contributed by atoms with van der Waals surface area (Å²) in [4.78, 5) is 27.5. The third-order valence-electron chi connectivity index (χ3n) is 3.49. The van der Waals surface area contributed by atoms with Crippen LogP contribution >= 0.6 is 24.0 Å². The van der Waals surface area contributed by atoms with Crippen LogP contribution in [0, 0.1) is 0 Å². The highest BCUT2D eigenvalue weighted by molar-refractivity contribution is 6.35. The molecule has 132 valence electrons. The van der Waals surface area contributed by atoms with E-state index in [0.717, 1.165) is 10.9 Å². The van der Waals surface area contributed by atoms with Gasteiger partial charge >= 0.3 is 11.9 Å². The Hall–Kier alpha value is -1.76. The van der Waals surface area contributed by atoms with Gasteiger partial charge in [0.1, 0.15) is 0 Å². The van der Waals surface area contributed by atoms with Gasteiger partial charge in [0.15, 0.2) is 0 Å². The first kappa shape index (κ1) is 20.3. The molecular weight excluding hydrogens is 355 g/mol. The molecule has 24 heavy (non-hydrogen) atoms. The second-order valence-electron chi connectivity index (χ2n) is 5.07. The molecule has 0 saturated carbocycles. The van der Waals surface area contributed by atoms with Crippen LogP contribution in [-0.2, 0) is 25.5 Å². The number of aromatic amines is 1. The first-order valence-corrected chi connectivity index (χ1v) is 7.69. The van der Waals surface area contributed by atoms with Crippen LogP contribution in [0.4, 0.5) is 0 Å². The van der Waals surface area contributed by atoms with Crippen LogP contribution in [0.5, 0.6) is 0 Å². The van der Waals surface area contributed by atoms with Crippen molar-refractivity contribution in [1.82, 2.24) is 4.98 Å². The zero-order valence-electron chi connectivity index (χ0n) is 13.4. The van der Waals surface area contributed by atoms with Crippen LogP contribution in [0.1, 0.15) is 19.4 Å². The van der Waals surface area contributed by atoms with Gasteiger partial charge in [0.25, 0.3) is 0 Å². The molecule has 0 aliphatic carbocycles. The quantitative estimate of drug-likeness (QED) is 0.598. The number of hydrogen-bond donors (Lipinski definition) is 2. The van der Waals surface area contributed by atoms with E-state index < -0.39 is 17.5 Å². The van der Waals surface area contributed by atoms with Crippen LogP contribution < -0.4 is 5.73 Å². The number of halogens is 2. The molecule has 0 radical (unpaired) electrons. The van der Waals surface area contributed by atoms with Gasteiger partial charge < -0.3 is 20.2 Å². The third-order valence-corrected chi connectivity index (χ3v) is 3.80. The number of esters is 2. The summed E-state index contributed by atoms with van der Waals surface area (Å²) in [6.45, 7) is 3.52. The summed E-state index contributed by atoms with van der Waals surface area (Å²) < 4.78 is 9.92. The highest BCUT2D eigenvalue weighted by Crippen LogP contribution is 2.29. The standard InChI is InChI=1S/C16H19ClN2O4.ClH/c1-3-22-14(20)16(18,15(21)23-4-2)8-10-9-19-12-7-5-6-11(17)13(10)12;/h5-7,9,19H,3-4,8,18H2,1-2H3;1H. The highest BCUT2D eigenvalue weighted by Gasteiger charge is 2.46. The zero-order chi connectivity index (χ0) is 17.0. The molecule has 1 aromatic carbocycles. The summed E-state index contributed by atoms with van der Waals surface area (Å²) in [5.41, 5.74) is 5.61. The van der Waals surface area contributed by atoms with Crippen molar-refractivity contribution < 1.29 is 19.1 Å². The molecule has 8 heteroatoms. The largest absolute Gasteiger partial charge is 0.464 e. The summed E-state index contributed by atoms with van der Waals surface area (Å²) in [5, 5.41) is 1.23. The Bertz CT molecular complexity index is 712. The van der Waals surface area contributed by atoms with E-state index in [0.29, 0.717) is 10.6 Å². The van der Waals surface area contributed by atoms with E-state index in [4.69, 9.17) is 26.8 Å². The minimum Gasteiger partial charge on any atom is -0.464 e. The van der Waals surface area contributed by atoms with Crippen molar-refractivity contribution >= 4 is 46.8 Å². The van der Waals surface area contributed by atoms with Gasteiger partial charge in [0, 0.05) is 23.5 Å². The van der Waals surface area contributed by atoms with E-state index in [-0.39, 0.29) is 32.0 Å². The van der Waals surface area contributed by atoms with Crippen LogP contribution in [0.15, 0.2) is 24.4 Å². The van der Waals surface area contributed by atoms with Gasteiger partial charge in [0.2, 0.25) is 5.54 Å². The van der Waals surface area contributed by atoms with E-state index in [1.807, 2.05) is 6.07 Å². The molecule has 3 N–H and O–H groups in total. The van der Waals surface area contributed by atoms with Gasteiger partial charge in [-0.1, -0.05) is 17.7 Å². The van der Waals surface area contributed by atoms with Gasteiger partial charge in [-0.2, -0.15) is 0 Å². The van der Waals surface area contributed by atoms with Gasteiger partial charge in [0.05, 0.1) is 18.2 Å². The first-order valence-electron chi connectivity index (χ1n) is 7.31. The molecule has 0 amide bonds. The molecule has 2 rings (SSSR count). The Kier molecular flexibility index (Phi) is 7.08. The van der Waals surface area contributed by atoms with Crippen LogP contribution in [0.3, 0.4) is 0 Å². The maximum atomic E-state index is 12.2. The molecular formula is C16H20Cl2N2O4. The average Bonchev–Trinajstić information content (AvgIpc) is 2.92. The average molecular weight is 375 g/mol. The van der Waals surface area contributed by atoms with Crippen LogP contribution in [-0.4, -0.2) is 35.7 Å². The van der Waals surface area contributed by atoms with Crippen molar-refractivity contribution in [3.8, 4) is 0 Å². The summed E-state index contributed by atoms with van der Waals surface area (Å²) in [6, 6.07) is 5.38. The first-order chi connectivity index (χ1) is 10.9. The minimum absolute atomic E-state index is 0. The molecule has 0 aliphatic heterocycles. The highest BCUT2D eigenvalue weighted by atomic mass is 35.5. The van der Waals surface area contributed by atoms with Crippen molar-refractivity contribution in [3.63, 3.8) is 0 Å². The Morgan fingerprint density at radius 2 is 1.79 bits per heavy atom. The Morgan fingerprint density at radius 1 is 1.21 bits per heavy atom. The number of benzene rings is 1. The predicted octanol–water partition coefficient (Wildman–Crippen LogP) is 2.61. The lowest BCUT2D eigenvalue weighted by Crippen LogP contribution is -2.58. The molecule has 0 unspecified atom stereocenters. The Morgan fingerprint density at radius 3 is 2.33 bits per heavy atom. The monoisotopic (exact) mass is 374 g/mol. The van der Waals surface area contributed by atoms with Crippen molar-refractivity contribution in [3.05, 3.63) is 35.0 Å². The second-order valence-corrected chi connectivity index (χ2v) is 5.47. The molecule has 0 fully saturated rings. The van der Waals surface area contributed by atoms with Gasteiger partial charge in [-0.25, -0.2) is 9.59 Å². The number of nitrogens with two attached hydrogens (primary N) is 1. The molecule has 0 bridgehead atoms. The number of aromatic nitrogens is 1. The summed E-state index contributed by atoms with van der Waals surface area (Å²) in [5.74, 6) is -1.64. The van der Waals surface area contributed by atoms with E-state index in [9.17, 15) is 9.59 Å². The molecule has 6 nitrogen and oxygen atoms in total. The normalized spacial score (nSPS) is 11.0. The zero-order valence-corrected chi connectivity index (χ0v) is 15.0. The Balaban J connectivity index is 0.00000288. The maximum Gasteiger partial charge on any atom is 0.338 e. The molecule has 1 aromatic heterocycles. The number of hydrogen-bond acceptors (Lipinski definition) is 5. The number of ether oxygens (including phenoxy) is 2. The van der Waals surface area contributed by atoms with Crippen molar-refractivity contribution in [2.45, 2.75) is 25.8 Å². The molecule has 0 saturated heterocycles. The summed E-state index contributed by atoms with van der Waals surface area (Å²) >= 11 is 6.22. The molecule has 2 aromatic rings. The second kappa shape index (κ2) is 8.37. The van der Waals surface area contributed by atoms with E-state index in [1.54, 1.807) is 32.2 Å². The van der Waals surface area contributed by atoms with Gasteiger partial charge in [-0.05, 0) is 31.5 Å². The van der Waals surface area contributed by atoms with E-state index in [2.05, 4.69) is 4.98 Å². The fourth-order valence-corrected chi connectivity index (χ4v) is 2.69. The van der Waals surface area contributed by atoms with Crippen molar-refractivity contribution in [2.75, 3.05) is 13.2 Å². The minimum atomic E-state index is -1.92. The maximum absolute atomic E-state index is 12.2. The van der Waals surface area contributed by atoms with Gasteiger partial charge in [-0.15, -0.1) is 12.4 Å². The van der Waals surface area contributed by atoms with Crippen LogP contribution in [0.2, 0.25) is 5.02 Å². The lowest BCUT2D eigenvalue weighted by atomic mass is 9.91. The van der Waals surface area contributed by atoms with Crippen molar-refractivity contribution in [2.24, 2.45) is 5.73 Å². The fourth-order valence-electron chi connectivity index (χ4n) is 2.40. The van der Waals surface area contributed by atoms with Crippen molar-refractivity contribution in [1.29, 1.82) is 0 Å². The smallest absolute Gasteiger partial charge is 0.338 e. The molecule has 0 atom stereocenters.